The molecule has 0 aliphatic heterocycles. The molecule has 0 saturated heterocycles. The minimum absolute atomic E-state index is 0.250. The van der Waals surface area contributed by atoms with Gasteiger partial charge in [-0.1, -0.05) is 17.3 Å². The minimum Gasteiger partial charge on any atom is -0.397 e. The average molecular weight is 222 g/mol. The van der Waals surface area contributed by atoms with Gasteiger partial charge in [-0.25, -0.2) is 4.68 Å². The second kappa shape index (κ2) is 6.19. The molecule has 1 aromatic heterocycles. The van der Waals surface area contributed by atoms with Gasteiger partial charge < -0.3 is 5.11 Å². The predicted octanol–water partition coefficient (Wildman–Crippen LogP) is 0.949. The summed E-state index contributed by atoms with van der Waals surface area (Å²) in [5, 5.41) is 15.7. The van der Waals surface area contributed by atoms with Crippen LogP contribution in [0.2, 0.25) is 0 Å². The molecule has 0 bridgehead atoms. The Kier molecular flexibility index (Phi) is 4.88. The Morgan fingerprint density at radius 1 is 1.31 bits per heavy atom. The minimum atomic E-state index is 0.250. The molecule has 0 aliphatic carbocycles. The fourth-order valence-electron chi connectivity index (χ4n) is 1.29. The van der Waals surface area contributed by atoms with Crippen LogP contribution in [-0.4, -0.2) is 45.7 Å². The van der Waals surface area contributed by atoms with Crippen molar-refractivity contribution in [2.24, 2.45) is 0 Å². The van der Waals surface area contributed by atoms with Gasteiger partial charge in [0.25, 0.3) is 0 Å². The van der Waals surface area contributed by atoms with Gasteiger partial charge in [-0.3, -0.25) is 4.90 Å². The highest BCUT2D eigenvalue weighted by molar-refractivity contribution is 5.73. The van der Waals surface area contributed by atoms with E-state index in [4.69, 9.17) is 5.11 Å². The maximum Gasteiger partial charge on any atom is 0.113 e. The van der Waals surface area contributed by atoms with Gasteiger partial charge in [0, 0.05) is 6.61 Å². The number of hydrogen-bond donors (Lipinski definition) is 1. The van der Waals surface area contributed by atoms with Crippen molar-refractivity contribution in [3.63, 3.8) is 0 Å². The molecule has 16 heavy (non-hydrogen) atoms. The molecular formula is C11H18N4O. The van der Waals surface area contributed by atoms with Crippen molar-refractivity contribution in [2.75, 3.05) is 20.7 Å². The molecule has 0 fully saturated rings. The first-order chi connectivity index (χ1) is 7.69. The predicted molar refractivity (Wildman–Crippen MR) is 64.0 cm³/mol. The van der Waals surface area contributed by atoms with Gasteiger partial charge in [0.15, 0.2) is 0 Å². The number of aromatic nitrogens is 3. The van der Waals surface area contributed by atoms with E-state index in [1.807, 2.05) is 43.0 Å². The van der Waals surface area contributed by atoms with Crippen molar-refractivity contribution in [1.82, 2.24) is 19.9 Å². The molecule has 1 aromatic carbocycles. The van der Waals surface area contributed by atoms with E-state index in [2.05, 4.69) is 15.2 Å². The molecule has 1 N–H and O–H groups in total. The summed E-state index contributed by atoms with van der Waals surface area (Å²) in [5.41, 5.74) is 2.03. The lowest BCUT2D eigenvalue weighted by molar-refractivity contribution is 0.309. The van der Waals surface area contributed by atoms with Gasteiger partial charge in [0.2, 0.25) is 0 Å². The van der Waals surface area contributed by atoms with E-state index in [1.165, 1.54) is 0 Å². The summed E-state index contributed by atoms with van der Waals surface area (Å²) >= 11 is 0. The molecule has 0 aliphatic rings. The van der Waals surface area contributed by atoms with Crippen LogP contribution in [0.1, 0.15) is 6.92 Å². The van der Waals surface area contributed by atoms with Crippen LogP contribution in [0.5, 0.6) is 0 Å². The zero-order chi connectivity index (χ0) is 12.0. The Hall–Kier alpha value is -1.46. The van der Waals surface area contributed by atoms with Crippen LogP contribution in [0.4, 0.5) is 0 Å². The number of benzene rings is 1. The van der Waals surface area contributed by atoms with Gasteiger partial charge in [0.05, 0.1) is 12.2 Å². The van der Waals surface area contributed by atoms with Gasteiger partial charge in [-0.2, -0.15) is 0 Å². The van der Waals surface area contributed by atoms with E-state index in [-0.39, 0.29) is 6.61 Å². The lowest BCUT2D eigenvalue weighted by Gasteiger charge is -2.08. The number of fused-ring (bicyclic) bond motifs is 1. The molecule has 5 heteroatoms. The average Bonchev–Trinajstić information content (AvgIpc) is 2.63. The number of para-hydroxylation sites is 1. The highest BCUT2D eigenvalue weighted by Crippen LogP contribution is 2.09. The Morgan fingerprint density at radius 2 is 1.94 bits per heavy atom. The number of aliphatic hydroxyl groups excluding tert-OH is 1. The molecule has 0 spiro atoms. The zero-order valence-corrected chi connectivity index (χ0v) is 9.96. The normalized spacial score (nSPS) is 10.3. The molecule has 0 amide bonds. The monoisotopic (exact) mass is 222 g/mol. The Balaban J connectivity index is 0.000000386. The number of aliphatic hydroxyl groups is 1. The van der Waals surface area contributed by atoms with Crippen LogP contribution in [0.3, 0.4) is 0 Å². The summed E-state index contributed by atoms with van der Waals surface area (Å²) in [5.74, 6) is 0. The van der Waals surface area contributed by atoms with Crippen LogP contribution in [0.25, 0.3) is 11.0 Å². The first-order valence-corrected chi connectivity index (χ1v) is 5.22. The number of hydrogen-bond acceptors (Lipinski definition) is 4. The first kappa shape index (κ1) is 12.6. The van der Waals surface area contributed by atoms with Crippen LogP contribution >= 0.6 is 0 Å². The fourth-order valence-corrected chi connectivity index (χ4v) is 1.29. The van der Waals surface area contributed by atoms with Crippen LogP contribution in [-0.2, 0) is 6.67 Å². The second-order valence-electron chi connectivity index (χ2n) is 3.62. The van der Waals surface area contributed by atoms with Crippen molar-refractivity contribution in [3.05, 3.63) is 24.3 Å². The zero-order valence-electron chi connectivity index (χ0n) is 9.96. The van der Waals surface area contributed by atoms with Crippen LogP contribution < -0.4 is 0 Å². The van der Waals surface area contributed by atoms with Crippen molar-refractivity contribution < 1.29 is 5.11 Å². The standard InChI is InChI=1S/C9H12N4.C2H6O/c1-12(2)7-13-9-6-4-3-5-8(9)10-11-13;1-2-3/h3-6H,7H2,1-2H3;3H,2H2,1H3. The van der Waals surface area contributed by atoms with Gasteiger partial charge >= 0.3 is 0 Å². The summed E-state index contributed by atoms with van der Waals surface area (Å²) in [6.07, 6.45) is 0. The van der Waals surface area contributed by atoms with E-state index in [0.717, 1.165) is 17.7 Å². The van der Waals surface area contributed by atoms with Crippen LogP contribution in [0, 0.1) is 0 Å². The summed E-state index contributed by atoms with van der Waals surface area (Å²) in [6, 6.07) is 7.96. The van der Waals surface area contributed by atoms with E-state index in [0.29, 0.717) is 0 Å². The summed E-state index contributed by atoms with van der Waals surface area (Å²) in [6.45, 7) is 2.69. The molecular weight excluding hydrogens is 204 g/mol. The molecule has 5 nitrogen and oxygen atoms in total. The maximum atomic E-state index is 7.57. The smallest absolute Gasteiger partial charge is 0.113 e. The second-order valence-corrected chi connectivity index (χ2v) is 3.62. The Bertz CT molecular complexity index is 425. The molecule has 1 heterocycles. The molecule has 2 aromatic rings. The molecule has 2 rings (SSSR count). The third-order valence-electron chi connectivity index (χ3n) is 1.84. The third kappa shape index (κ3) is 3.29. The largest absolute Gasteiger partial charge is 0.397 e. The van der Waals surface area contributed by atoms with Crippen molar-refractivity contribution in [3.8, 4) is 0 Å². The van der Waals surface area contributed by atoms with Crippen LogP contribution in [0.15, 0.2) is 24.3 Å². The van der Waals surface area contributed by atoms with Gasteiger partial charge in [-0.15, -0.1) is 5.10 Å². The van der Waals surface area contributed by atoms with Crippen molar-refractivity contribution >= 4 is 11.0 Å². The van der Waals surface area contributed by atoms with E-state index >= 15 is 0 Å². The van der Waals surface area contributed by atoms with Gasteiger partial charge in [-0.05, 0) is 33.2 Å². The molecule has 0 radical (unpaired) electrons. The summed E-state index contributed by atoms with van der Waals surface area (Å²) in [4.78, 5) is 2.06. The topological polar surface area (TPSA) is 54.2 Å². The highest BCUT2D eigenvalue weighted by Gasteiger charge is 2.02. The molecule has 88 valence electrons. The van der Waals surface area contributed by atoms with Gasteiger partial charge in [0.1, 0.15) is 5.52 Å². The Labute approximate surface area is 95.3 Å². The molecule has 0 saturated carbocycles. The maximum absolute atomic E-state index is 7.57. The third-order valence-corrected chi connectivity index (χ3v) is 1.84. The number of nitrogens with zero attached hydrogens (tertiary/aromatic N) is 4. The van der Waals surface area contributed by atoms with Crippen molar-refractivity contribution in [2.45, 2.75) is 13.6 Å². The molecule has 0 atom stereocenters. The van der Waals surface area contributed by atoms with E-state index < -0.39 is 0 Å². The van der Waals surface area contributed by atoms with E-state index in [1.54, 1.807) is 6.92 Å². The fraction of sp³-hybridized carbons (Fsp3) is 0.455. The summed E-state index contributed by atoms with van der Waals surface area (Å²) < 4.78 is 1.88. The lowest BCUT2D eigenvalue weighted by atomic mass is 10.3. The summed E-state index contributed by atoms with van der Waals surface area (Å²) in [7, 11) is 4.02. The highest BCUT2D eigenvalue weighted by atomic mass is 16.2. The first-order valence-electron chi connectivity index (χ1n) is 5.22. The SMILES string of the molecule is CCO.CN(C)Cn1nnc2ccccc21. The van der Waals surface area contributed by atoms with E-state index in [9.17, 15) is 0 Å². The number of rotatable bonds is 2. The Morgan fingerprint density at radius 3 is 2.56 bits per heavy atom. The molecule has 0 unspecified atom stereocenters. The van der Waals surface area contributed by atoms with Crippen molar-refractivity contribution in [1.29, 1.82) is 0 Å². The lowest BCUT2D eigenvalue weighted by Crippen LogP contribution is -2.17. The quantitative estimate of drug-likeness (QED) is 0.822.